The third kappa shape index (κ3) is 2.86. The second-order valence-corrected chi connectivity index (χ2v) is 7.18. The van der Waals surface area contributed by atoms with Crippen molar-refractivity contribution in [3.63, 3.8) is 0 Å². The van der Waals surface area contributed by atoms with Crippen molar-refractivity contribution in [2.45, 2.75) is 39.0 Å². The predicted molar refractivity (Wildman–Crippen MR) is 101 cm³/mol. The lowest BCUT2D eigenvalue weighted by molar-refractivity contribution is 0.637. The van der Waals surface area contributed by atoms with Gasteiger partial charge < -0.3 is 4.90 Å². The number of benzene rings is 2. The van der Waals surface area contributed by atoms with Crippen molar-refractivity contribution in [3.8, 4) is 0 Å². The van der Waals surface area contributed by atoms with Crippen molar-refractivity contribution in [2.24, 2.45) is 10.2 Å². The normalized spacial score (nSPS) is 17.9. The molecule has 3 rings (SSSR count). The Balaban J connectivity index is 1.84. The van der Waals surface area contributed by atoms with Crippen LogP contribution in [0.1, 0.15) is 44.7 Å². The molecule has 0 unspecified atom stereocenters. The molecule has 0 N–H and O–H groups in total. The van der Waals surface area contributed by atoms with Crippen molar-refractivity contribution in [1.29, 1.82) is 0 Å². The van der Waals surface area contributed by atoms with Crippen LogP contribution < -0.4 is 4.90 Å². The fourth-order valence-corrected chi connectivity index (χ4v) is 3.31. The van der Waals surface area contributed by atoms with Crippen LogP contribution in [0.15, 0.2) is 70.7 Å². The number of anilines is 1. The number of likely N-dealkylation sites (N-methyl/N-ethyl adjacent to an activating group) is 1. The summed E-state index contributed by atoms with van der Waals surface area (Å²) in [4.78, 5) is 2.20. The molecule has 0 amide bonds. The summed E-state index contributed by atoms with van der Waals surface area (Å²) in [7, 11) is 2.09. The summed E-state index contributed by atoms with van der Waals surface area (Å²) in [5.41, 5.74) is 5.87. The van der Waals surface area contributed by atoms with Crippen LogP contribution in [0.5, 0.6) is 0 Å². The Kier molecular flexibility index (Phi) is 4.27. The molecular formula is C21H25N3. The predicted octanol–water partition coefficient (Wildman–Crippen LogP) is 6.16. The summed E-state index contributed by atoms with van der Waals surface area (Å²) >= 11 is 0. The second kappa shape index (κ2) is 6.23. The third-order valence-electron chi connectivity index (χ3n) is 4.85. The maximum atomic E-state index is 4.35. The quantitative estimate of drug-likeness (QED) is 0.622. The number of fused-ring (bicyclic) bond motifs is 1. The van der Waals surface area contributed by atoms with Gasteiger partial charge in [-0.25, -0.2) is 0 Å². The average molecular weight is 319 g/mol. The van der Waals surface area contributed by atoms with Crippen LogP contribution in [0, 0.1) is 0 Å². The minimum atomic E-state index is -0.0636. The van der Waals surface area contributed by atoms with Crippen molar-refractivity contribution in [2.75, 3.05) is 11.9 Å². The first-order valence-electron chi connectivity index (χ1n) is 8.46. The Morgan fingerprint density at radius 2 is 1.67 bits per heavy atom. The molecule has 1 heterocycles. The van der Waals surface area contributed by atoms with Crippen molar-refractivity contribution in [1.82, 2.24) is 0 Å². The van der Waals surface area contributed by atoms with Crippen LogP contribution >= 0.6 is 0 Å². The molecule has 124 valence electrons. The van der Waals surface area contributed by atoms with Crippen LogP contribution in [-0.2, 0) is 5.41 Å². The molecule has 2 aromatic rings. The largest absolute Gasteiger partial charge is 0.346 e. The molecule has 0 atom stereocenters. The van der Waals surface area contributed by atoms with E-state index in [1.54, 1.807) is 0 Å². The van der Waals surface area contributed by atoms with Gasteiger partial charge in [-0.1, -0.05) is 58.0 Å². The molecule has 1 aliphatic rings. The number of hydrogen-bond acceptors (Lipinski definition) is 3. The van der Waals surface area contributed by atoms with Gasteiger partial charge in [-0.15, -0.1) is 0 Å². The molecule has 3 heteroatoms. The molecule has 1 aliphatic heterocycles. The molecule has 3 nitrogen and oxygen atoms in total. The monoisotopic (exact) mass is 319 g/mol. The van der Waals surface area contributed by atoms with E-state index < -0.39 is 0 Å². The van der Waals surface area contributed by atoms with Gasteiger partial charge in [0.15, 0.2) is 0 Å². The molecule has 2 aromatic carbocycles. The standard InChI is InChI=1S/C21H25N3/c1-15(2)16-10-12-17(13-11-16)23-22-14-20-21(3,4)18-8-6-7-9-19(18)24(20)5/h6-15H,1-5H3/b20-14+,23-22+. The number of hydrogen-bond donors (Lipinski definition) is 0. The van der Waals surface area contributed by atoms with Crippen LogP contribution in [0.3, 0.4) is 0 Å². The van der Waals surface area contributed by atoms with Gasteiger partial charge in [0, 0.05) is 23.8 Å². The highest BCUT2D eigenvalue weighted by molar-refractivity contribution is 5.69. The van der Waals surface area contributed by atoms with Gasteiger partial charge in [0.25, 0.3) is 0 Å². The Labute approximate surface area is 144 Å². The van der Waals surface area contributed by atoms with E-state index in [2.05, 4.69) is 86.3 Å². The zero-order valence-corrected chi connectivity index (χ0v) is 15.1. The van der Waals surface area contributed by atoms with E-state index in [1.165, 1.54) is 16.8 Å². The summed E-state index contributed by atoms with van der Waals surface area (Å²) in [6.45, 7) is 8.84. The zero-order valence-electron chi connectivity index (χ0n) is 15.1. The van der Waals surface area contributed by atoms with E-state index >= 15 is 0 Å². The number of para-hydroxylation sites is 1. The summed E-state index contributed by atoms with van der Waals surface area (Å²) < 4.78 is 0. The highest BCUT2D eigenvalue weighted by atomic mass is 15.2. The molecule has 0 fully saturated rings. The Hall–Kier alpha value is -2.42. The van der Waals surface area contributed by atoms with Crippen LogP contribution in [0.25, 0.3) is 0 Å². The van der Waals surface area contributed by atoms with E-state index in [4.69, 9.17) is 0 Å². The maximum absolute atomic E-state index is 4.35. The summed E-state index contributed by atoms with van der Waals surface area (Å²) in [6.07, 6.45) is 1.89. The SMILES string of the molecule is CC(C)c1ccc(/N=N/C=C2/N(C)c3ccccc3C2(C)C)cc1. The lowest BCUT2D eigenvalue weighted by Crippen LogP contribution is -2.22. The second-order valence-electron chi connectivity index (χ2n) is 7.18. The summed E-state index contributed by atoms with van der Waals surface area (Å²) in [5, 5.41) is 8.70. The summed E-state index contributed by atoms with van der Waals surface area (Å²) in [6, 6.07) is 16.8. The van der Waals surface area contributed by atoms with Crippen molar-refractivity contribution >= 4 is 11.4 Å². The lowest BCUT2D eigenvalue weighted by atomic mass is 9.84. The number of rotatable bonds is 3. The highest BCUT2D eigenvalue weighted by Gasteiger charge is 2.38. The Morgan fingerprint density at radius 1 is 1.00 bits per heavy atom. The lowest BCUT2D eigenvalue weighted by Gasteiger charge is -2.22. The van der Waals surface area contributed by atoms with Crippen LogP contribution in [0.4, 0.5) is 11.4 Å². The highest BCUT2D eigenvalue weighted by Crippen LogP contribution is 2.46. The molecule has 0 bridgehead atoms. The van der Waals surface area contributed by atoms with Crippen LogP contribution in [-0.4, -0.2) is 7.05 Å². The van der Waals surface area contributed by atoms with Gasteiger partial charge in [-0.3, -0.25) is 0 Å². The van der Waals surface area contributed by atoms with Gasteiger partial charge in [-0.05, 0) is 35.2 Å². The van der Waals surface area contributed by atoms with Gasteiger partial charge in [0.2, 0.25) is 0 Å². The van der Waals surface area contributed by atoms with Gasteiger partial charge in [0.1, 0.15) is 0 Å². The minimum Gasteiger partial charge on any atom is -0.346 e. The molecular weight excluding hydrogens is 294 g/mol. The Morgan fingerprint density at radius 3 is 2.29 bits per heavy atom. The minimum absolute atomic E-state index is 0.0636. The number of nitrogens with zero attached hydrogens (tertiary/aromatic N) is 3. The summed E-state index contributed by atoms with van der Waals surface area (Å²) in [5.74, 6) is 0.532. The zero-order chi connectivity index (χ0) is 17.3. The van der Waals surface area contributed by atoms with E-state index in [-0.39, 0.29) is 5.41 Å². The number of azo groups is 1. The number of allylic oxidation sites excluding steroid dienone is 1. The van der Waals surface area contributed by atoms with Gasteiger partial charge in [0.05, 0.1) is 11.9 Å². The fourth-order valence-electron chi connectivity index (χ4n) is 3.31. The van der Waals surface area contributed by atoms with E-state index in [9.17, 15) is 0 Å². The first-order chi connectivity index (χ1) is 11.4. The Bertz CT molecular complexity index is 783. The first-order valence-corrected chi connectivity index (χ1v) is 8.46. The molecule has 0 saturated heterocycles. The van der Waals surface area contributed by atoms with Crippen molar-refractivity contribution < 1.29 is 0 Å². The van der Waals surface area contributed by atoms with Gasteiger partial charge >= 0.3 is 0 Å². The average Bonchev–Trinajstić information content (AvgIpc) is 2.76. The van der Waals surface area contributed by atoms with E-state index in [1.807, 2.05) is 18.3 Å². The van der Waals surface area contributed by atoms with Gasteiger partial charge in [-0.2, -0.15) is 10.2 Å². The van der Waals surface area contributed by atoms with E-state index in [0.717, 1.165) is 11.4 Å². The third-order valence-corrected chi connectivity index (χ3v) is 4.85. The first kappa shape index (κ1) is 16.4. The molecule has 0 aliphatic carbocycles. The van der Waals surface area contributed by atoms with E-state index in [0.29, 0.717) is 5.92 Å². The fraction of sp³-hybridized carbons (Fsp3) is 0.333. The molecule has 0 aromatic heterocycles. The molecule has 0 radical (unpaired) electrons. The topological polar surface area (TPSA) is 28.0 Å². The van der Waals surface area contributed by atoms with Crippen LogP contribution in [0.2, 0.25) is 0 Å². The molecule has 0 saturated carbocycles. The maximum Gasteiger partial charge on any atom is 0.0857 e. The molecule has 24 heavy (non-hydrogen) atoms. The molecule has 0 spiro atoms. The van der Waals surface area contributed by atoms with Crippen molar-refractivity contribution in [3.05, 3.63) is 71.6 Å². The smallest absolute Gasteiger partial charge is 0.0857 e.